The van der Waals surface area contributed by atoms with E-state index in [2.05, 4.69) is 10.6 Å². The fourth-order valence-electron chi connectivity index (χ4n) is 1.38. The maximum Gasteiger partial charge on any atom is 0.257 e. The largest absolute Gasteiger partial charge is 0.497 e. The lowest BCUT2D eigenvalue weighted by molar-refractivity contribution is -0.123. The lowest BCUT2D eigenvalue weighted by Gasteiger charge is -2.08. The SMILES string of the molecule is CNCCCNC(=O)COc1cccc(OC)c1. The van der Waals surface area contributed by atoms with Crippen molar-refractivity contribution in [2.75, 3.05) is 33.9 Å². The van der Waals surface area contributed by atoms with Gasteiger partial charge in [0.1, 0.15) is 11.5 Å². The van der Waals surface area contributed by atoms with Crippen molar-refractivity contribution in [3.63, 3.8) is 0 Å². The summed E-state index contributed by atoms with van der Waals surface area (Å²) in [7, 11) is 3.47. The number of benzene rings is 1. The Morgan fingerprint density at radius 1 is 1.28 bits per heavy atom. The van der Waals surface area contributed by atoms with Crippen LogP contribution >= 0.6 is 0 Å². The predicted octanol–water partition coefficient (Wildman–Crippen LogP) is 0.800. The first-order valence-electron chi connectivity index (χ1n) is 5.94. The number of ether oxygens (including phenoxy) is 2. The highest BCUT2D eigenvalue weighted by atomic mass is 16.5. The second-order valence-electron chi connectivity index (χ2n) is 3.77. The average molecular weight is 252 g/mol. The number of hydrogen-bond donors (Lipinski definition) is 2. The number of nitrogens with one attached hydrogen (secondary N) is 2. The van der Waals surface area contributed by atoms with Crippen LogP contribution in [0, 0.1) is 0 Å². The molecule has 18 heavy (non-hydrogen) atoms. The second-order valence-corrected chi connectivity index (χ2v) is 3.77. The Hall–Kier alpha value is -1.75. The average Bonchev–Trinajstić information content (AvgIpc) is 2.41. The van der Waals surface area contributed by atoms with E-state index in [1.54, 1.807) is 19.2 Å². The van der Waals surface area contributed by atoms with E-state index in [0.29, 0.717) is 18.0 Å². The molecule has 5 nitrogen and oxygen atoms in total. The summed E-state index contributed by atoms with van der Waals surface area (Å²) in [6.45, 7) is 1.56. The number of carbonyl (C=O) groups is 1. The number of rotatable bonds is 8. The summed E-state index contributed by atoms with van der Waals surface area (Å²) in [5.41, 5.74) is 0. The summed E-state index contributed by atoms with van der Waals surface area (Å²) in [5.74, 6) is 1.22. The molecular weight excluding hydrogens is 232 g/mol. The van der Waals surface area contributed by atoms with Gasteiger partial charge in [0.25, 0.3) is 5.91 Å². The Bertz CT molecular complexity index is 369. The molecule has 0 atom stereocenters. The van der Waals surface area contributed by atoms with Crippen molar-refractivity contribution in [1.29, 1.82) is 0 Å². The van der Waals surface area contributed by atoms with Crippen LogP contribution in [-0.2, 0) is 4.79 Å². The fourth-order valence-corrected chi connectivity index (χ4v) is 1.38. The molecule has 0 unspecified atom stereocenters. The lowest BCUT2D eigenvalue weighted by Crippen LogP contribution is -2.30. The molecule has 0 aliphatic rings. The minimum absolute atomic E-state index is 0.0206. The van der Waals surface area contributed by atoms with Crippen LogP contribution in [0.4, 0.5) is 0 Å². The standard InChI is InChI=1S/C13H20N2O3/c1-14-7-4-8-15-13(16)10-18-12-6-3-5-11(9-12)17-2/h3,5-6,9,14H,4,7-8,10H2,1-2H3,(H,15,16). The first kappa shape index (κ1) is 14.3. The number of hydrogen-bond acceptors (Lipinski definition) is 4. The molecule has 1 aromatic rings. The van der Waals surface area contributed by atoms with Gasteiger partial charge in [-0.15, -0.1) is 0 Å². The summed E-state index contributed by atoms with van der Waals surface area (Å²) >= 11 is 0. The van der Waals surface area contributed by atoms with Crippen molar-refractivity contribution in [2.24, 2.45) is 0 Å². The zero-order valence-electron chi connectivity index (χ0n) is 10.9. The van der Waals surface area contributed by atoms with E-state index in [0.717, 1.165) is 13.0 Å². The normalized spacial score (nSPS) is 9.89. The molecule has 0 aliphatic heterocycles. The molecule has 0 spiro atoms. The second kappa shape index (κ2) is 8.36. The molecular formula is C13H20N2O3. The smallest absolute Gasteiger partial charge is 0.257 e. The molecule has 0 aromatic heterocycles. The Labute approximate surface area is 107 Å². The van der Waals surface area contributed by atoms with Crippen LogP contribution in [0.3, 0.4) is 0 Å². The van der Waals surface area contributed by atoms with Crippen LogP contribution in [0.15, 0.2) is 24.3 Å². The van der Waals surface area contributed by atoms with Crippen LogP contribution in [0.5, 0.6) is 11.5 Å². The lowest BCUT2D eigenvalue weighted by atomic mass is 10.3. The first-order chi connectivity index (χ1) is 8.76. The van der Waals surface area contributed by atoms with Gasteiger partial charge in [0, 0.05) is 12.6 Å². The van der Waals surface area contributed by atoms with Gasteiger partial charge in [0.2, 0.25) is 0 Å². The molecule has 0 fully saturated rings. The van der Waals surface area contributed by atoms with Crippen LogP contribution < -0.4 is 20.1 Å². The Morgan fingerprint density at radius 2 is 2.06 bits per heavy atom. The van der Waals surface area contributed by atoms with Gasteiger partial charge in [0.15, 0.2) is 6.61 Å². The van der Waals surface area contributed by atoms with Crippen molar-refractivity contribution in [2.45, 2.75) is 6.42 Å². The molecule has 2 N–H and O–H groups in total. The summed E-state index contributed by atoms with van der Waals surface area (Å²) < 4.78 is 10.4. The topological polar surface area (TPSA) is 59.6 Å². The van der Waals surface area contributed by atoms with E-state index < -0.39 is 0 Å². The van der Waals surface area contributed by atoms with Gasteiger partial charge in [-0.3, -0.25) is 4.79 Å². The quantitative estimate of drug-likeness (QED) is 0.672. The molecule has 5 heteroatoms. The van der Waals surface area contributed by atoms with E-state index in [9.17, 15) is 4.79 Å². The molecule has 0 aliphatic carbocycles. The molecule has 0 bridgehead atoms. The number of carbonyl (C=O) groups excluding carboxylic acids is 1. The number of methoxy groups -OCH3 is 1. The van der Waals surface area contributed by atoms with Crippen LogP contribution in [0.25, 0.3) is 0 Å². The molecule has 0 heterocycles. The van der Waals surface area contributed by atoms with Gasteiger partial charge < -0.3 is 20.1 Å². The minimum atomic E-state index is -0.117. The van der Waals surface area contributed by atoms with E-state index in [1.807, 2.05) is 19.2 Å². The summed E-state index contributed by atoms with van der Waals surface area (Å²) in [5, 5.41) is 5.80. The van der Waals surface area contributed by atoms with Crippen molar-refractivity contribution < 1.29 is 14.3 Å². The third-order valence-electron chi connectivity index (χ3n) is 2.34. The number of amides is 1. The van der Waals surface area contributed by atoms with Gasteiger partial charge in [-0.05, 0) is 32.1 Å². The fraction of sp³-hybridized carbons (Fsp3) is 0.462. The zero-order valence-corrected chi connectivity index (χ0v) is 10.9. The molecule has 0 radical (unpaired) electrons. The van der Waals surface area contributed by atoms with Crippen molar-refractivity contribution in [3.8, 4) is 11.5 Å². The van der Waals surface area contributed by atoms with Gasteiger partial charge in [-0.25, -0.2) is 0 Å². The van der Waals surface area contributed by atoms with Crippen molar-refractivity contribution in [3.05, 3.63) is 24.3 Å². The van der Waals surface area contributed by atoms with Gasteiger partial charge in [-0.1, -0.05) is 6.07 Å². The molecule has 0 saturated heterocycles. The van der Waals surface area contributed by atoms with Crippen molar-refractivity contribution >= 4 is 5.91 Å². The Balaban J connectivity index is 2.24. The van der Waals surface area contributed by atoms with E-state index in [1.165, 1.54) is 0 Å². The monoisotopic (exact) mass is 252 g/mol. The maximum atomic E-state index is 11.4. The Kier molecular flexibility index (Phi) is 6.64. The van der Waals surface area contributed by atoms with Gasteiger partial charge in [-0.2, -0.15) is 0 Å². The maximum absolute atomic E-state index is 11.4. The highest BCUT2D eigenvalue weighted by Gasteiger charge is 2.02. The highest BCUT2D eigenvalue weighted by molar-refractivity contribution is 5.77. The minimum Gasteiger partial charge on any atom is -0.497 e. The highest BCUT2D eigenvalue weighted by Crippen LogP contribution is 2.18. The van der Waals surface area contributed by atoms with Crippen molar-refractivity contribution in [1.82, 2.24) is 10.6 Å². The third-order valence-corrected chi connectivity index (χ3v) is 2.34. The van der Waals surface area contributed by atoms with Crippen LogP contribution in [0.2, 0.25) is 0 Å². The third kappa shape index (κ3) is 5.54. The van der Waals surface area contributed by atoms with E-state index in [-0.39, 0.29) is 12.5 Å². The zero-order chi connectivity index (χ0) is 13.2. The summed E-state index contributed by atoms with van der Waals surface area (Å²) in [6.07, 6.45) is 0.904. The predicted molar refractivity (Wildman–Crippen MR) is 70.0 cm³/mol. The molecule has 100 valence electrons. The van der Waals surface area contributed by atoms with E-state index >= 15 is 0 Å². The van der Waals surface area contributed by atoms with Gasteiger partial charge in [0.05, 0.1) is 7.11 Å². The Morgan fingerprint density at radius 3 is 2.78 bits per heavy atom. The van der Waals surface area contributed by atoms with E-state index in [4.69, 9.17) is 9.47 Å². The van der Waals surface area contributed by atoms with Crippen LogP contribution in [-0.4, -0.2) is 39.8 Å². The van der Waals surface area contributed by atoms with Crippen LogP contribution in [0.1, 0.15) is 6.42 Å². The molecule has 1 aromatic carbocycles. The molecule has 1 rings (SSSR count). The first-order valence-corrected chi connectivity index (χ1v) is 5.94. The summed E-state index contributed by atoms with van der Waals surface area (Å²) in [6, 6.07) is 7.18. The molecule has 1 amide bonds. The molecule has 0 saturated carbocycles. The summed E-state index contributed by atoms with van der Waals surface area (Å²) in [4.78, 5) is 11.4. The van der Waals surface area contributed by atoms with Gasteiger partial charge >= 0.3 is 0 Å².